The molecule has 26 heavy (non-hydrogen) atoms. The van der Waals surface area contributed by atoms with Gasteiger partial charge in [0.15, 0.2) is 5.82 Å². The number of nitrogens with two attached hydrogens (primary N) is 1. The second-order valence-corrected chi connectivity index (χ2v) is 7.93. The number of hydrogen-bond acceptors (Lipinski definition) is 5. The zero-order chi connectivity index (χ0) is 18.1. The van der Waals surface area contributed by atoms with Crippen molar-refractivity contribution in [3.8, 4) is 0 Å². The molecule has 3 N–H and O–H groups in total. The van der Waals surface area contributed by atoms with Crippen LogP contribution in [0.4, 0.5) is 11.5 Å². The highest BCUT2D eigenvalue weighted by Crippen LogP contribution is 2.30. The van der Waals surface area contributed by atoms with E-state index < -0.39 is 0 Å². The summed E-state index contributed by atoms with van der Waals surface area (Å²) in [5.74, 6) is 0.748. The predicted molar refractivity (Wildman–Crippen MR) is 108 cm³/mol. The zero-order valence-electron chi connectivity index (χ0n) is 14.2. The first-order valence-corrected chi connectivity index (χ1v) is 9.78. The van der Waals surface area contributed by atoms with Gasteiger partial charge in [0.05, 0.1) is 10.7 Å². The first kappa shape index (κ1) is 17.7. The lowest BCUT2D eigenvalue weighted by molar-refractivity contribution is 0.206. The van der Waals surface area contributed by atoms with Crippen molar-refractivity contribution in [3.05, 3.63) is 51.8 Å². The maximum Gasteiger partial charge on any atom is 0.158 e. The fraction of sp³-hybridized carbons (Fsp3) is 0.333. The van der Waals surface area contributed by atoms with Gasteiger partial charge in [-0.25, -0.2) is 9.50 Å². The molecule has 1 aromatic carbocycles. The number of nitrogens with one attached hydrogen (secondary N) is 1. The van der Waals surface area contributed by atoms with Crippen LogP contribution in [-0.2, 0) is 6.54 Å². The van der Waals surface area contributed by atoms with Crippen LogP contribution >= 0.6 is 27.5 Å². The summed E-state index contributed by atoms with van der Waals surface area (Å²) in [6, 6.07) is 8.17. The van der Waals surface area contributed by atoms with E-state index >= 15 is 0 Å². The molecular weight excluding hydrogens is 416 g/mol. The standard InChI is InChI=1S/C18H20BrClN6/c19-13-1-2-16(15(20)9-13)24-18-17-12(3-8-26(17)23-11-22-18)10-25-6-4-14(21)5-7-25/h1-3,8-9,11,14H,4-7,10,21H2,(H,22,23,24). The second-order valence-electron chi connectivity index (χ2n) is 6.61. The van der Waals surface area contributed by atoms with Gasteiger partial charge in [-0.3, -0.25) is 4.90 Å². The minimum Gasteiger partial charge on any atom is -0.337 e. The molecule has 6 nitrogen and oxygen atoms in total. The van der Waals surface area contributed by atoms with Gasteiger partial charge in [0.25, 0.3) is 0 Å². The zero-order valence-corrected chi connectivity index (χ0v) is 16.5. The van der Waals surface area contributed by atoms with E-state index in [0.29, 0.717) is 11.1 Å². The molecule has 8 heteroatoms. The van der Waals surface area contributed by atoms with Crippen molar-refractivity contribution in [2.45, 2.75) is 25.4 Å². The summed E-state index contributed by atoms with van der Waals surface area (Å²) in [6.07, 6.45) is 5.60. The fourth-order valence-electron chi connectivity index (χ4n) is 3.31. The van der Waals surface area contributed by atoms with Crippen LogP contribution in [0.5, 0.6) is 0 Å². The fourth-order valence-corrected chi connectivity index (χ4v) is 4.03. The Kier molecular flexibility index (Phi) is 5.13. The van der Waals surface area contributed by atoms with Crippen molar-refractivity contribution in [2.75, 3.05) is 18.4 Å². The van der Waals surface area contributed by atoms with E-state index in [1.807, 2.05) is 28.9 Å². The molecule has 0 atom stereocenters. The number of nitrogens with zero attached hydrogens (tertiary/aromatic N) is 4. The summed E-state index contributed by atoms with van der Waals surface area (Å²) < 4.78 is 2.79. The molecule has 0 amide bonds. The maximum absolute atomic E-state index is 6.35. The molecule has 1 aliphatic rings. The average molecular weight is 436 g/mol. The van der Waals surface area contributed by atoms with Crippen LogP contribution in [0.25, 0.3) is 5.52 Å². The summed E-state index contributed by atoms with van der Waals surface area (Å²) in [7, 11) is 0. The first-order valence-electron chi connectivity index (χ1n) is 8.61. The van der Waals surface area contributed by atoms with Crippen LogP contribution in [0, 0.1) is 0 Å². The van der Waals surface area contributed by atoms with Gasteiger partial charge >= 0.3 is 0 Å². The van der Waals surface area contributed by atoms with Gasteiger partial charge in [-0.1, -0.05) is 27.5 Å². The van der Waals surface area contributed by atoms with Crippen molar-refractivity contribution in [2.24, 2.45) is 5.73 Å². The molecule has 0 aliphatic carbocycles. The lowest BCUT2D eigenvalue weighted by Crippen LogP contribution is -2.39. The normalized spacial score (nSPS) is 16.3. The third-order valence-electron chi connectivity index (χ3n) is 4.75. The quantitative estimate of drug-likeness (QED) is 0.652. The number of benzene rings is 1. The third kappa shape index (κ3) is 3.71. The van der Waals surface area contributed by atoms with E-state index in [4.69, 9.17) is 17.3 Å². The minimum atomic E-state index is 0.331. The van der Waals surface area contributed by atoms with E-state index in [2.05, 4.69) is 42.3 Å². The molecule has 0 bridgehead atoms. The van der Waals surface area contributed by atoms with Gasteiger partial charge in [0.2, 0.25) is 0 Å². The summed E-state index contributed by atoms with van der Waals surface area (Å²) >= 11 is 9.78. The summed E-state index contributed by atoms with van der Waals surface area (Å²) in [6.45, 7) is 2.90. The largest absolute Gasteiger partial charge is 0.337 e. The smallest absolute Gasteiger partial charge is 0.158 e. The molecule has 0 saturated carbocycles. The number of piperidine rings is 1. The van der Waals surface area contributed by atoms with Crippen LogP contribution in [0.15, 0.2) is 41.3 Å². The lowest BCUT2D eigenvalue weighted by atomic mass is 10.1. The lowest BCUT2D eigenvalue weighted by Gasteiger charge is -2.29. The van der Waals surface area contributed by atoms with Gasteiger partial charge in [0, 0.05) is 23.3 Å². The van der Waals surface area contributed by atoms with Crippen molar-refractivity contribution in [3.63, 3.8) is 0 Å². The Hall–Kier alpha value is -1.67. The molecule has 136 valence electrons. The van der Waals surface area contributed by atoms with Crippen molar-refractivity contribution < 1.29 is 0 Å². The van der Waals surface area contributed by atoms with Crippen molar-refractivity contribution in [1.82, 2.24) is 19.5 Å². The number of anilines is 2. The number of rotatable bonds is 4. The molecule has 1 saturated heterocycles. The van der Waals surface area contributed by atoms with Gasteiger partial charge in [-0.2, -0.15) is 5.10 Å². The Morgan fingerprint density at radius 2 is 2.08 bits per heavy atom. The summed E-state index contributed by atoms with van der Waals surface area (Å²) in [5, 5.41) is 8.32. The molecule has 2 aromatic heterocycles. The Bertz CT molecular complexity index is 919. The highest BCUT2D eigenvalue weighted by atomic mass is 79.9. The SMILES string of the molecule is NC1CCN(Cc2ccn3ncnc(Nc4ccc(Br)cc4Cl)c23)CC1. The molecule has 0 unspecified atom stereocenters. The Balaban J connectivity index is 1.64. The number of likely N-dealkylation sites (tertiary alicyclic amines) is 1. The summed E-state index contributed by atoms with van der Waals surface area (Å²) in [4.78, 5) is 6.88. The highest BCUT2D eigenvalue weighted by molar-refractivity contribution is 9.10. The van der Waals surface area contributed by atoms with Crippen LogP contribution in [-0.4, -0.2) is 38.6 Å². The van der Waals surface area contributed by atoms with Crippen LogP contribution in [0.3, 0.4) is 0 Å². The third-order valence-corrected chi connectivity index (χ3v) is 5.55. The first-order chi connectivity index (χ1) is 12.6. The van der Waals surface area contributed by atoms with Gasteiger partial charge in [0.1, 0.15) is 11.8 Å². The Labute approximate surface area is 165 Å². The van der Waals surface area contributed by atoms with Crippen molar-refractivity contribution >= 4 is 44.6 Å². The van der Waals surface area contributed by atoms with E-state index in [0.717, 1.165) is 54.0 Å². The number of halogens is 2. The van der Waals surface area contributed by atoms with E-state index in [9.17, 15) is 0 Å². The van der Waals surface area contributed by atoms with E-state index in [1.165, 1.54) is 5.56 Å². The number of hydrogen-bond donors (Lipinski definition) is 2. The second kappa shape index (κ2) is 7.52. The molecular formula is C18H20BrClN6. The van der Waals surface area contributed by atoms with Gasteiger partial charge in [-0.05, 0) is 55.8 Å². The average Bonchev–Trinajstić information content (AvgIpc) is 3.03. The summed E-state index contributed by atoms with van der Waals surface area (Å²) in [5.41, 5.74) is 9.00. The number of aromatic nitrogens is 3. The van der Waals surface area contributed by atoms with Gasteiger partial charge in [-0.15, -0.1) is 0 Å². The molecule has 3 aromatic rings. The monoisotopic (exact) mass is 434 g/mol. The molecule has 4 rings (SSSR count). The molecule has 0 spiro atoms. The van der Waals surface area contributed by atoms with E-state index in [-0.39, 0.29) is 0 Å². The minimum absolute atomic E-state index is 0.331. The maximum atomic E-state index is 6.35. The van der Waals surface area contributed by atoms with E-state index in [1.54, 1.807) is 6.33 Å². The number of fused-ring (bicyclic) bond motifs is 1. The topological polar surface area (TPSA) is 71.5 Å². The van der Waals surface area contributed by atoms with Gasteiger partial charge < -0.3 is 11.1 Å². The van der Waals surface area contributed by atoms with Crippen LogP contribution in [0.2, 0.25) is 5.02 Å². The molecule has 0 radical (unpaired) electrons. The molecule has 3 heterocycles. The van der Waals surface area contributed by atoms with Crippen LogP contribution in [0.1, 0.15) is 18.4 Å². The Morgan fingerprint density at radius 3 is 2.85 bits per heavy atom. The van der Waals surface area contributed by atoms with Crippen molar-refractivity contribution in [1.29, 1.82) is 0 Å². The van der Waals surface area contributed by atoms with Crippen LogP contribution < -0.4 is 11.1 Å². The Morgan fingerprint density at radius 1 is 1.27 bits per heavy atom. The molecule has 1 aliphatic heterocycles. The molecule has 1 fully saturated rings. The predicted octanol–water partition coefficient (Wildman–Crippen LogP) is 3.81. The highest BCUT2D eigenvalue weighted by Gasteiger charge is 2.19.